The summed E-state index contributed by atoms with van der Waals surface area (Å²) in [7, 11) is 0. The van der Waals surface area contributed by atoms with E-state index in [0.717, 1.165) is 16.7 Å². The zero-order valence-corrected chi connectivity index (χ0v) is 24.4. The van der Waals surface area contributed by atoms with Crippen LogP contribution in [0, 0.1) is 7.14 Å². The van der Waals surface area contributed by atoms with Crippen LogP contribution in [0.2, 0.25) is 0 Å². The van der Waals surface area contributed by atoms with E-state index in [-0.39, 0.29) is 24.5 Å². The van der Waals surface area contributed by atoms with E-state index in [4.69, 9.17) is 5.73 Å². The maximum Gasteiger partial charge on any atom is 0.243 e. The number of halogens is 2. The average molecular weight is 725 g/mol. The average Bonchev–Trinajstić information content (AvgIpc) is 2.89. The number of aromatic hydroxyl groups is 1. The van der Waals surface area contributed by atoms with Crippen molar-refractivity contribution in [2.75, 3.05) is 0 Å². The standard InChI is InChI=1S/C28H29I2N3O4/c29-21-15-20(16-22(30)26(21)35)17-24(32-25(34)14-12-19-9-5-2-6-10-19)28(37)33-23(27(31)36)13-11-18-7-3-1-4-8-18/h1-10,15-16,23-24,35H,11-14,17H2,(H2,31,36)(H,32,34)(H,33,37)/t23-,24-/m0/s1. The molecule has 0 fully saturated rings. The molecule has 0 saturated carbocycles. The number of carbonyl (C=O) groups is 3. The molecule has 3 aromatic carbocycles. The first kappa shape index (κ1) is 28.9. The summed E-state index contributed by atoms with van der Waals surface area (Å²) >= 11 is 4.05. The molecule has 0 heterocycles. The second-order valence-electron chi connectivity index (χ2n) is 8.71. The van der Waals surface area contributed by atoms with E-state index in [0.29, 0.717) is 26.4 Å². The summed E-state index contributed by atoms with van der Waals surface area (Å²) in [6.45, 7) is 0. The van der Waals surface area contributed by atoms with Gasteiger partial charge in [0.15, 0.2) is 0 Å². The molecule has 7 nitrogen and oxygen atoms in total. The smallest absolute Gasteiger partial charge is 0.243 e. The molecule has 5 N–H and O–H groups in total. The molecular formula is C28H29I2N3O4. The monoisotopic (exact) mass is 725 g/mol. The van der Waals surface area contributed by atoms with Gasteiger partial charge in [0.05, 0.1) is 7.14 Å². The van der Waals surface area contributed by atoms with Crippen molar-refractivity contribution in [1.82, 2.24) is 10.6 Å². The second kappa shape index (κ2) is 14.3. The van der Waals surface area contributed by atoms with E-state index in [1.54, 1.807) is 12.1 Å². The first-order chi connectivity index (χ1) is 17.7. The van der Waals surface area contributed by atoms with Crippen LogP contribution in [0.15, 0.2) is 72.8 Å². The van der Waals surface area contributed by atoms with Gasteiger partial charge in [0.1, 0.15) is 17.8 Å². The number of benzene rings is 3. The molecule has 3 rings (SSSR count). The second-order valence-corrected chi connectivity index (χ2v) is 11.0. The minimum absolute atomic E-state index is 0.174. The fraction of sp³-hybridized carbons (Fsp3) is 0.250. The Hall–Kier alpha value is -2.67. The number of nitrogens with two attached hydrogens (primary N) is 1. The third kappa shape index (κ3) is 9.29. The van der Waals surface area contributed by atoms with Gasteiger partial charge in [0, 0.05) is 12.8 Å². The highest BCUT2D eigenvalue weighted by Crippen LogP contribution is 2.28. The van der Waals surface area contributed by atoms with E-state index in [1.165, 1.54) is 0 Å². The number of hydrogen-bond acceptors (Lipinski definition) is 4. The van der Waals surface area contributed by atoms with Gasteiger partial charge in [-0.1, -0.05) is 60.7 Å². The third-order valence-corrected chi connectivity index (χ3v) is 7.52. The van der Waals surface area contributed by atoms with Gasteiger partial charge in [-0.25, -0.2) is 0 Å². The molecule has 0 aliphatic carbocycles. The SMILES string of the molecule is NC(=O)[C@H](CCc1ccccc1)NC(=O)[C@H](Cc1cc(I)c(O)c(I)c1)NC(=O)CCc1ccccc1. The predicted octanol–water partition coefficient (Wildman–Crippen LogP) is 3.86. The number of phenolic OH excluding ortho intramolecular Hbond substituents is 1. The van der Waals surface area contributed by atoms with Crippen molar-refractivity contribution in [1.29, 1.82) is 0 Å². The Bertz CT molecular complexity index is 1200. The Morgan fingerprint density at radius 2 is 1.32 bits per heavy atom. The van der Waals surface area contributed by atoms with E-state index in [1.807, 2.05) is 106 Å². The van der Waals surface area contributed by atoms with Crippen LogP contribution >= 0.6 is 45.2 Å². The molecular weight excluding hydrogens is 696 g/mol. The molecule has 9 heteroatoms. The van der Waals surface area contributed by atoms with Gasteiger partial charge in [-0.3, -0.25) is 14.4 Å². The minimum Gasteiger partial charge on any atom is -0.506 e. The van der Waals surface area contributed by atoms with Crippen LogP contribution in [0.4, 0.5) is 0 Å². The van der Waals surface area contributed by atoms with E-state index < -0.39 is 23.9 Å². The molecule has 2 atom stereocenters. The number of primary amides is 1. The molecule has 0 bridgehead atoms. The lowest BCUT2D eigenvalue weighted by Gasteiger charge is -2.22. The quantitative estimate of drug-likeness (QED) is 0.212. The van der Waals surface area contributed by atoms with Gasteiger partial charge < -0.3 is 21.5 Å². The first-order valence-corrected chi connectivity index (χ1v) is 14.0. The van der Waals surface area contributed by atoms with Crippen molar-refractivity contribution in [2.24, 2.45) is 5.73 Å². The van der Waals surface area contributed by atoms with Gasteiger partial charge >= 0.3 is 0 Å². The molecule has 0 aliphatic heterocycles. The molecule has 3 amide bonds. The van der Waals surface area contributed by atoms with Crippen LogP contribution in [-0.4, -0.2) is 34.9 Å². The maximum absolute atomic E-state index is 13.3. The minimum atomic E-state index is -0.919. The summed E-state index contributed by atoms with van der Waals surface area (Å²) in [6, 6.07) is 21.0. The van der Waals surface area contributed by atoms with Crippen molar-refractivity contribution in [3.8, 4) is 5.75 Å². The molecule has 194 valence electrons. The largest absolute Gasteiger partial charge is 0.506 e. The van der Waals surface area contributed by atoms with Gasteiger partial charge in [0.2, 0.25) is 17.7 Å². The summed E-state index contributed by atoms with van der Waals surface area (Å²) in [5, 5.41) is 15.7. The van der Waals surface area contributed by atoms with Gasteiger partial charge in [0.25, 0.3) is 0 Å². The van der Waals surface area contributed by atoms with Crippen molar-refractivity contribution in [3.63, 3.8) is 0 Å². The predicted molar refractivity (Wildman–Crippen MR) is 160 cm³/mol. The number of hydrogen-bond donors (Lipinski definition) is 4. The lowest BCUT2D eigenvalue weighted by molar-refractivity contribution is -0.131. The number of amides is 3. The fourth-order valence-electron chi connectivity index (χ4n) is 3.86. The first-order valence-electron chi connectivity index (χ1n) is 11.9. The molecule has 0 saturated heterocycles. The Labute approximate surface area is 243 Å². The molecule has 37 heavy (non-hydrogen) atoms. The summed E-state index contributed by atoms with van der Waals surface area (Å²) in [4.78, 5) is 38.3. The molecule has 0 aromatic heterocycles. The summed E-state index contributed by atoms with van der Waals surface area (Å²) in [5.41, 5.74) is 8.43. The van der Waals surface area contributed by atoms with Crippen LogP contribution in [0.5, 0.6) is 5.75 Å². The summed E-state index contributed by atoms with van der Waals surface area (Å²) in [5.74, 6) is -1.21. The molecule has 3 aromatic rings. The van der Waals surface area contributed by atoms with Gasteiger partial charge in [-0.2, -0.15) is 0 Å². The van der Waals surface area contributed by atoms with Crippen LogP contribution < -0.4 is 16.4 Å². The van der Waals surface area contributed by atoms with E-state index in [2.05, 4.69) is 10.6 Å². The Kier molecular flexibility index (Phi) is 11.2. The van der Waals surface area contributed by atoms with Crippen molar-refractivity contribution >= 4 is 62.9 Å². The van der Waals surface area contributed by atoms with E-state index in [9.17, 15) is 19.5 Å². The zero-order valence-electron chi connectivity index (χ0n) is 20.1. The number of phenols is 1. The molecule has 0 aliphatic rings. The van der Waals surface area contributed by atoms with Crippen LogP contribution in [0.3, 0.4) is 0 Å². The van der Waals surface area contributed by atoms with Gasteiger partial charge in [-0.15, -0.1) is 0 Å². The number of nitrogens with one attached hydrogen (secondary N) is 2. The molecule has 0 unspecified atom stereocenters. The fourth-order valence-corrected chi connectivity index (χ4v) is 5.76. The topological polar surface area (TPSA) is 122 Å². The van der Waals surface area contributed by atoms with E-state index >= 15 is 0 Å². The highest BCUT2D eigenvalue weighted by molar-refractivity contribution is 14.1. The number of rotatable bonds is 12. The Morgan fingerprint density at radius 1 is 0.784 bits per heavy atom. The van der Waals surface area contributed by atoms with Crippen LogP contribution in [-0.2, 0) is 33.6 Å². The maximum atomic E-state index is 13.3. The van der Waals surface area contributed by atoms with Crippen LogP contribution in [0.1, 0.15) is 29.5 Å². The Morgan fingerprint density at radius 3 is 1.86 bits per heavy atom. The lowest BCUT2D eigenvalue weighted by Crippen LogP contribution is -2.53. The highest BCUT2D eigenvalue weighted by atomic mass is 127. The zero-order chi connectivity index (χ0) is 26.8. The normalized spacial score (nSPS) is 12.4. The summed E-state index contributed by atoms with van der Waals surface area (Å²) in [6.07, 6.45) is 1.86. The lowest BCUT2D eigenvalue weighted by atomic mass is 10.0. The van der Waals surface area contributed by atoms with Crippen molar-refractivity contribution < 1.29 is 19.5 Å². The highest BCUT2D eigenvalue weighted by Gasteiger charge is 2.26. The van der Waals surface area contributed by atoms with Crippen molar-refractivity contribution in [2.45, 2.75) is 44.2 Å². The summed E-state index contributed by atoms with van der Waals surface area (Å²) < 4.78 is 1.29. The third-order valence-electron chi connectivity index (χ3n) is 5.88. The number of carbonyl (C=O) groups excluding carboxylic acids is 3. The Balaban J connectivity index is 1.72. The number of aryl methyl sites for hydroxylation is 2. The van der Waals surface area contributed by atoms with Gasteiger partial charge in [-0.05, 0) is 93.3 Å². The molecule has 0 spiro atoms. The van der Waals surface area contributed by atoms with Crippen molar-refractivity contribution in [3.05, 3.63) is 96.6 Å². The van der Waals surface area contributed by atoms with Crippen LogP contribution in [0.25, 0.3) is 0 Å². The molecule has 0 radical (unpaired) electrons.